The molecule has 0 spiro atoms. The van der Waals surface area contributed by atoms with E-state index in [1.165, 1.54) is 0 Å². The summed E-state index contributed by atoms with van der Waals surface area (Å²) in [5.41, 5.74) is 2.01. The normalized spacial score (nSPS) is 17.3. The number of carbonyl (C=O) groups is 1. The molecule has 0 aliphatic carbocycles. The van der Waals surface area contributed by atoms with Gasteiger partial charge in [-0.3, -0.25) is 9.78 Å². The van der Waals surface area contributed by atoms with E-state index < -0.39 is 0 Å². The summed E-state index contributed by atoms with van der Waals surface area (Å²) in [6.45, 7) is 2.83. The molecule has 21 heavy (non-hydrogen) atoms. The molecule has 0 saturated carbocycles. The number of rotatable bonds is 4. The van der Waals surface area contributed by atoms with E-state index in [1.54, 1.807) is 6.20 Å². The predicted molar refractivity (Wildman–Crippen MR) is 79.8 cm³/mol. The summed E-state index contributed by atoms with van der Waals surface area (Å²) in [5, 5.41) is 3.12. The lowest BCUT2D eigenvalue weighted by atomic mass is 10.1. The highest BCUT2D eigenvalue weighted by Gasteiger charge is 2.20. The number of nitrogens with zero attached hydrogens (tertiary/aromatic N) is 3. The first-order chi connectivity index (χ1) is 10.2. The Hall–Kier alpha value is -2.17. The van der Waals surface area contributed by atoms with Crippen molar-refractivity contribution in [3.8, 4) is 0 Å². The Kier molecular flexibility index (Phi) is 3.99. The molecule has 1 aliphatic rings. The number of aromatic nitrogens is 3. The van der Waals surface area contributed by atoms with Crippen LogP contribution in [0.1, 0.15) is 30.1 Å². The zero-order valence-electron chi connectivity index (χ0n) is 12.2. The van der Waals surface area contributed by atoms with E-state index in [2.05, 4.69) is 26.0 Å². The van der Waals surface area contributed by atoms with Crippen LogP contribution < -0.4 is 5.32 Å². The summed E-state index contributed by atoms with van der Waals surface area (Å²) in [5.74, 6) is 1.23. The molecular formula is C16H20N4O. The van der Waals surface area contributed by atoms with Crippen LogP contribution in [-0.2, 0) is 24.2 Å². The van der Waals surface area contributed by atoms with Gasteiger partial charge in [-0.15, -0.1) is 0 Å². The van der Waals surface area contributed by atoms with Crippen molar-refractivity contribution in [2.24, 2.45) is 0 Å². The van der Waals surface area contributed by atoms with Gasteiger partial charge in [-0.25, -0.2) is 4.98 Å². The standard InChI is InChI=1S/C16H20N4O/c1-12-10-20-11-14(5-7-15(20)18-12)19-16(21)8-6-13-4-2-3-9-17-13/h2-4,9-10,14H,5-8,11H2,1H3,(H,19,21)/t14-/m1/s1. The maximum atomic E-state index is 12.0. The minimum atomic E-state index is 0.103. The van der Waals surface area contributed by atoms with E-state index in [1.807, 2.05) is 25.1 Å². The van der Waals surface area contributed by atoms with Gasteiger partial charge in [0.15, 0.2) is 0 Å². The average Bonchev–Trinajstić information content (AvgIpc) is 2.85. The summed E-state index contributed by atoms with van der Waals surface area (Å²) in [6, 6.07) is 6.00. The highest BCUT2D eigenvalue weighted by atomic mass is 16.1. The van der Waals surface area contributed by atoms with Gasteiger partial charge in [0.1, 0.15) is 5.82 Å². The molecule has 3 heterocycles. The van der Waals surface area contributed by atoms with E-state index in [9.17, 15) is 4.79 Å². The molecule has 1 aliphatic heterocycles. The van der Waals surface area contributed by atoms with Gasteiger partial charge < -0.3 is 9.88 Å². The minimum Gasteiger partial charge on any atom is -0.352 e. The summed E-state index contributed by atoms with van der Waals surface area (Å²) in [6.07, 6.45) is 6.89. The number of pyridine rings is 1. The van der Waals surface area contributed by atoms with Crippen molar-refractivity contribution < 1.29 is 4.79 Å². The van der Waals surface area contributed by atoms with E-state index in [4.69, 9.17) is 0 Å². The average molecular weight is 284 g/mol. The van der Waals surface area contributed by atoms with Crippen molar-refractivity contribution in [3.05, 3.63) is 47.8 Å². The second-order valence-electron chi connectivity index (χ2n) is 5.58. The Morgan fingerprint density at radius 1 is 1.48 bits per heavy atom. The molecule has 0 bridgehead atoms. The largest absolute Gasteiger partial charge is 0.352 e. The molecule has 0 fully saturated rings. The quantitative estimate of drug-likeness (QED) is 0.928. The molecule has 110 valence electrons. The molecule has 0 radical (unpaired) electrons. The Morgan fingerprint density at radius 2 is 2.38 bits per heavy atom. The molecule has 3 rings (SSSR count). The number of imidazole rings is 1. The zero-order chi connectivity index (χ0) is 14.7. The Morgan fingerprint density at radius 3 is 3.19 bits per heavy atom. The number of fused-ring (bicyclic) bond motifs is 1. The third-order valence-electron chi connectivity index (χ3n) is 3.81. The molecule has 5 nitrogen and oxygen atoms in total. The fourth-order valence-electron chi connectivity index (χ4n) is 2.79. The SMILES string of the molecule is Cc1cn2c(n1)CC[C@@H](NC(=O)CCc1ccccn1)C2. The molecule has 0 saturated heterocycles. The van der Waals surface area contributed by atoms with Crippen molar-refractivity contribution in [3.63, 3.8) is 0 Å². The number of aryl methyl sites for hydroxylation is 3. The van der Waals surface area contributed by atoms with E-state index in [-0.39, 0.29) is 11.9 Å². The maximum Gasteiger partial charge on any atom is 0.220 e. The lowest BCUT2D eigenvalue weighted by Gasteiger charge is -2.24. The Balaban J connectivity index is 1.50. The summed E-state index contributed by atoms with van der Waals surface area (Å²) in [4.78, 5) is 20.8. The number of hydrogen-bond acceptors (Lipinski definition) is 3. The molecule has 2 aromatic heterocycles. The number of nitrogens with one attached hydrogen (secondary N) is 1. The molecule has 1 N–H and O–H groups in total. The fourth-order valence-corrected chi connectivity index (χ4v) is 2.79. The topological polar surface area (TPSA) is 59.8 Å². The first-order valence-corrected chi connectivity index (χ1v) is 7.42. The van der Waals surface area contributed by atoms with E-state index in [0.717, 1.165) is 36.6 Å². The Bertz CT molecular complexity index is 620. The zero-order valence-corrected chi connectivity index (χ0v) is 12.2. The van der Waals surface area contributed by atoms with Crippen LogP contribution in [0.15, 0.2) is 30.6 Å². The molecule has 0 unspecified atom stereocenters. The summed E-state index contributed by atoms with van der Waals surface area (Å²) < 4.78 is 2.16. The number of hydrogen-bond donors (Lipinski definition) is 1. The van der Waals surface area contributed by atoms with Gasteiger partial charge in [-0.2, -0.15) is 0 Å². The van der Waals surface area contributed by atoms with Gasteiger partial charge >= 0.3 is 0 Å². The molecule has 2 aromatic rings. The molecule has 1 amide bonds. The van der Waals surface area contributed by atoms with Crippen molar-refractivity contribution in [1.82, 2.24) is 19.9 Å². The van der Waals surface area contributed by atoms with Crippen LogP contribution in [0.25, 0.3) is 0 Å². The Labute approximate surface area is 124 Å². The lowest BCUT2D eigenvalue weighted by molar-refractivity contribution is -0.122. The van der Waals surface area contributed by atoms with Gasteiger partial charge in [0.2, 0.25) is 5.91 Å². The number of carbonyl (C=O) groups excluding carboxylic acids is 1. The van der Waals surface area contributed by atoms with Gasteiger partial charge in [-0.1, -0.05) is 6.07 Å². The van der Waals surface area contributed by atoms with Crippen LogP contribution in [0, 0.1) is 6.92 Å². The van der Waals surface area contributed by atoms with Crippen LogP contribution >= 0.6 is 0 Å². The van der Waals surface area contributed by atoms with Gasteiger partial charge in [-0.05, 0) is 31.9 Å². The van der Waals surface area contributed by atoms with Crippen LogP contribution in [0.2, 0.25) is 0 Å². The molecule has 1 atom stereocenters. The highest BCUT2D eigenvalue weighted by molar-refractivity contribution is 5.76. The van der Waals surface area contributed by atoms with Crippen LogP contribution in [-0.4, -0.2) is 26.5 Å². The van der Waals surface area contributed by atoms with Gasteiger partial charge in [0, 0.05) is 43.5 Å². The van der Waals surface area contributed by atoms with E-state index >= 15 is 0 Å². The van der Waals surface area contributed by atoms with Crippen LogP contribution in [0.3, 0.4) is 0 Å². The second kappa shape index (κ2) is 6.08. The van der Waals surface area contributed by atoms with Crippen molar-refractivity contribution >= 4 is 5.91 Å². The molecule has 5 heteroatoms. The monoisotopic (exact) mass is 284 g/mol. The first-order valence-electron chi connectivity index (χ1n) is 7.42. The first kappa shape index (κ1) is 13.8. The molecule has 0 aromatic carbocycles. The fraction of sp³-hybridized carbons (Fsp3) is 0.438. The minimum absolute atomic E-state index is 0.103. The van der Waals surface area contributed by atoms with Crippen molar-refractivity contribution in [2.75, 3.05) is 0 Å². The van der Waals surface area contributed by atoms with E-state index in [0.29, 0.717) is 12.8 Å². The number of amides is 1. The summed E-state index contributed by atoms with van der Waals surface area (Å²) in [7, 11) is 0. The second-order valence-corrected chi connectivity index (χ2v) is 5.58. The third kappa shape index (κ3) is 3.48. The highest BCUT2D eigenvalue weighted by Crippen LogP contribution is 2.15. The van der Waals surface area contributed by atoms with Crippen molar-refractivity contribution in [1.29, 1.82) is 0 Å². The van der Waals surface area contributed by atoms with Crippen molar-refractivity contribution in [2.45, 2.75) is 45.2 Å². The van der Waals surface area contributed by atoms with Gasteiger partial charge in [0.25, 0.3) is 0 Å². The van der Waals surface area contributed by atoms with Gasteiger partial charge in [0.05, 0.1) is 5.69 Å². The predicted octanol–water partition coefficient (Wildman–Crippen LogP) is 1.65. The third-order valence-corrected chi connectivity index (χ3v) is 3.81. The van der Waals surface area contributed by atoms with Crippen LogP contribution in [0.4, 0.5) is 0 Å². The van der Waals surface area contributed by atoms with Crippen LogP contribution in [0.5, 0.6) is 0 Å². The smallest absolute Gasteiger partial charge is 0.220 e. The maximum absolute atomic E-state index is 12.0. The molecular weight excluding hydrogens is 264 g/mol. The lowest BCUT2D eigenvalue weighted by Crippen LogP contribution is -2.41. The summed E-state index contributed by atoms with van der Waals surface area (Å²) >= 11 is 0.